The number of halogens is 2. The molecule has 0 saturated heterocycles. The molecule has 5 nitrogen and oxygen atoms in total. The number of ether oxygens (including phenoxy) is 1. The molecular weight excluding hydrogens is 452 g/mol. The first-order chi connectivity index (χ1) is 13.0. The largest absolute Gasteiger partial charge is 0.496 e. The van der Waals surface area contributed by atoms with E-state index in [1.807, 2.05) is 18.2 Å². The van der Waals surface area contributed by atoms with E-state index in [2.05, 4.69) is 26.6 Å². The SMILES string of the molecule is COc1cc(NC(=O)NC(=O)c2ccccc2Cl)ccc1-c1ccc(Br)s1. The maximum Gasteiger partial charge on any atom is 0.326 e. The molecule has 0 aliphatic heterocycles. The smallest absolute Gasteiger partial charge is 0.326 e. The Kier molecular flexibility index (Phi) is 6.15. The molecule has 0 saturated carbocycles. The van der Waals surface area contributed by atoms with Crippen LogP contribution in [0.15, 0.2) is 58.4 Å². The zero-order valence-electron chi connectivity index (χ0n) is 14.1. The van der Waals surface area contributed by atoms with Gasteiger partial charge in [0.15, 0.2) is 0 Å². The number of imide groups is 1. The zero-order valence-corrected chi connectivity index (χ0v) is 17.2. The number of anilines is 1. The van der Waals surface area contributed by atoms with Gasteiger partial charge in [0.1, 0.15) is 5.75 Å². The number of hydrogen-bond donors (Lipinski definition) is 2. The second-order valence-corrected chi connectivity index (χ2v) is 8.28. The van der Waals surface area contributed by atoms with E-state index in [1.165, 1.54) is 0 Å². The Morgan fingerprint density at radius 3 is 2.56 bits per heavy atom. The molecule has 0 aliphatic rings. The predicted molar refractivity (Wildman–Crippen MR) is 112 cm³/mol. The molecule has 0 spiro atoms. The normalized spacial score (nSPS) is 10.3. The first-order valence-electron chi connectivity index (χ1n) is 7.78. The van der Waals surface area contributed by atoms with Crippen molar-refractivity contribution < 1.29 is 14.3 Å². The van der Waals surface area contributed by atoms with Crippen molar-refractivity contribution in [3.63, 3.8) is 0 Å². The van der Waals surface area contributed by atoms with Gasteiger partial charge in [-0.1, -0.05) is 23.7 Å². The van der Waals surface area contributed by atoms with Gasteiger partial charge in [-0.3, -0.25) is 10.1 Å². The van der Waals surface area contributed by atoms with Gasteiger partial charge in [-0.25, -0.2) is 4.79 Å². The van der Waals surface area contributed by atoms with Crippen molar-refractivity contribution in [2.75, 3.05) is 12.4 Å². The second-order valence-electron chi connectivity index (χ2n) is 5.41. The number of rotatable bonds is 4. The second kappa shape index (κ2) is 8.56. The van der Waals surface area contributed by atoms with Crippen molar-refractivity contribution in [3.05, 3.63) is 69.0 Å². The standard InChI is InChI=1S/C19H14BrClN2O3S/c1-26-15-10-11(6-7-13(15)16-8-9-17(20)27-16)22-19(25)23-18(24)12-4-2-3-5-14(12)21/h2-10H,1H3,(H2,22,23,24,25). The zero-order chi connectivity index (χ0) is 19.4. The van der Waals surface area contributed by atoms with E-state index in [4.69, 9.17) is 16.3 Å². The summed E-state index contributed by atoms with van der Waals surface area (Å²) >= 11 is 11.0. The summed E-state index contributed by atoms with van der Waals surface area (Å²) < 4.78 is 6.45. The summed E-state index contributed by atoms with van der Waals surface area (Å²) in [4.78, 5) is 25.3. The van der Waals surface area contributed by atoms with E-state index < -0.39 is 11.9 Å². The van der Waals surface area contributed by atoms with Crippen LogP contribution in [0, 0.1) is 0 Å². The maximum absolute atomic E-state index is 12.1. The van der Waals surface area contributed by atoms with Gasteiger partial charge < -0.3 is 10.1 Å². The van der Waals surface area contributed by atoms with E-state index in [1.54, 1.807) is 54.8 Å². The Hall–Kier alpha value is -2.35. The number of nitrogens with one attached hydrogen (secondary N) is 2. The molecule has 8 heteroatoms. The van der Waals surface area contributed by atoms with Crippen LogP contribution in [-0.2, 0) is 0 Å². The molecule has 2 aromatic carbocycles. The Morgan fingerprint density at radius 2 is 1.89 bits per heavy atom. The first-order valence-corrected chi connectivity index (χ1v) is 9.77. The van der Waals surface area contributed by atoms with E-state index in [0.29, 0.717) is 11.4 Å². The highest BCUT2D eigenvalue weighted by atomic mass is 79.9. The van der Waals surface area contributed by atoms with Crippen LogP contribution in [0.25, 0.3) is 10.4 Å². The monoisotopic (exact) mass is 464 g/mol. The summed E-state index contributed by atoms with van der Waals surface area (Å²) in [5, 5.41) is 5.15. The number of hydrogen-bond acceptors (Lipinski definition) is 4. The number of thiophene rings is 1. The quantitative estimate of drug-likeness (QED) is 0.511. The lowest BCUT2D eigenvalue weighted by molar-refractivity contribution is 0.0967. The van der Waals surface area contributed by atoms with Gasteiger partial charge in [-0.05, 0) is 52.3 Å². The molecule has 0 radical (unpaired) electrons. The van der Waals surface area contributed by atoms with Crippen molar-refractivity contribution in [2.45, 2.75) is 0 Å². The van der Waals surface area contributed by atoms with Crippen LogP contribution in [0.2, 0.25) is 5.02 Å². The topological polar surface area (TPSA) is 67.4 Å². The van der Waals surface area contributed by atoms with Crippen LogP contribution in [-0.4, -0.2) is 19.0 Å². The van der Waals surface area contributed by atoms with Gasteiger partial charge in [0.25, 0.3) is 5.91 Å². The molecule has 0 aliphatic carbocycles. The van der Waals surface area contributed by atoms with Crippen LogP contribution >= 0.6 is 38.9 Å². The van der Waals surface area contributed by atoms with Crippen LogP contribution in [0.1, 0.15) is 10.4 Å². The summed E-state index contributed by atoms with van der Waals surface area (Å²) in [6.45, 7) is 0. The van der Waals surface area contributed by atoms with Gasteiger partial charge in [0.05, 0.1) is 21.5 Å². The molecule has 3 aromatic rings. The molecule has 0 fully saturated rings. The number of carbonyl (C=O) groups excluding carboxylic acids is 2. The van der Waals surface area contributed by atoms with Gasteiger partial charge in [-0.2, -0.15) is 0 Å². The molecule has 0 atom stereocenters. The number of carbonyl (C=O) groups is 2. The fourth-order valence-electron chi connectivity index (χ4n) is 2.41. The van der Waals surface area contributed by atoms with Crippen molar-refractivity contribution in [2.24, 2.45) is 0 Å². The molecule has 1 heterocycles. The summed E-state index contributed by atoms with van der Waals surface area (Å²) in [5.74, 6) is 0.0321. The Balaban J connectivity index is 1.73. The average Bonchev–Trinajstić information content (AvgIpc) is 3.07. The molecule has 2 N–H and O–H groups in total. The number of urea groups is 1. The fourth-order valence-corrected chi connectivity index (χ4v) is 4.05. The summed E-state index contributed by atoms with van der Waals surface area (Å²) in [6, 6.07) is 15.1. The van der Waals surface area contributed by atoms with Crippen LogP contribution in [0.4, 0.5) is 10.5 Å². The van der Waals surface area contributed by atoms with Crippen molar-refractivity contribution in [1.29, 1.82) is 0 Å². The van der Waals surface area contributed by atoms with Crippen LogP contribution < -0.4 is 15.4 Å². The van der Waals surface area contributed by atoms with E-state index >= 15 is 0 Å². The average molecular weight is 466 g/mol. The molecule has 3 amide bonds. The molecule has 138 valence electrons. The molecule has 27 heavy (non-hydrogen) atoms. The van der Waals surface area contributed by atoms with Gasteiger partial charge in [-0.15, -0.1) is 11.3 Å². The van der Waals surface area contributed by atoms with Crippen molar-refractivity contribution in [1.82, 2.24) is 5.32 Å². The summed E-state index contributed by atoms with van der Waals surface area (Å²) in [7, 11) is 1.56. The van der Waals surface area contributed by atoms with E-state index in [0.717, 1.165) is 14.2 Å². The van der Waals surface area contributed by atoms with Gasteiger partial charge in [0, 0.05) is 22.2 Å². The van der Waals surface area contributed by atoms with E-state index in [9.17, 15) is 9.59 Å². The van der Waals surface area contributed by atoms with Crippen LogP contribution in [0.3, 0.4) is 0 Å². The Labute approximate surface area is 173 Å². The minimum Gasteiger partial charge on any atom is -0.496 e. The lowest BCUT2D eigenvalue weighted by Crippen LogP contribution is -2.34. The number of methoxy groups -OCH3 is 1. The third-order valence-electron chi connectivity index (χ3n) is 3.64. The lowest BCUT2D eigenvalue weighted by Gasteiger charge is -2.11. The minimum atomic E-state index is -0.659. The highest BCUT2D eigenvalue weighted by molar-refractivity contribution is 9.11. The van der Waals surface area contributed by atoms with Crippen LogP contribution in [0.5, 0.6) is 5.75 Å². The molecule has 0 bridgehead atoms. The third-order valence-corrected chi connectivity index (χ3v) is 5.63. The third kappa shape index (κ3) is 4.68. The maximum atomic E-state index is 12.1. The van der Waals surface area contributed by atoms with Crippen molar-refractivity contribution >= 4 is 56.5 Å². The van der Waals surface area contributed by atoms with Gasteiger partial charge >= 0.3 is 6.03 Å². The molecular formula is C19H14BrClN2O3S. The summed E-state index contributed by atoms with van der Waals surface area (Å²) in [5.41, 5.74) is 1.63. The Morgan fingerprint density at radius 1 is 1.11 bits per heavy atom. The highest BCUT2D eigenvalue weighted by Crippen LogP contribution is 2.38. The minimum absolute atomic E-state index is 0.227. The van der Waals surface area contributed by atoms with E-state index in [-0.39, 0.29) is 10.6 Å². The molecule has 1 aromatic heterocycles. The van der Waals surface area contributed by atoms with Gasteiger partial charge in [0.2, 0.25) is 0 Å². The fraction of sp³-hybridized carbons (Fsp3) is 0.0526. The number of benzene rings is 2. The highest BCUT2D eigenvalue weighted by Gasteiger charge is 2.14. The summed E-state index contributed by atoms with van der Waals surface area (Å²) in [6.07, 6.45) is 0. The molecule has 0 unspecified atom stereocenters. The number of amides is 3. The predicted octanol–water partition coefficient (Wildman–Crippen LogP) is 5.80. The Bertz CT molecular complexity index is 1010. The lowest BCUT2D eigenvalue weighted by atomic mass is 10.1. The molecule has 3 rings (SSSR count). The van der Waals surface area contributed by atoms with Crippen molar-refractivity contribution in [3.8, 4) is 16.2 Å². The first kappa shape index (κ1) is 19.4.